The number of amides is 1. The van der Waals surface area contributed by atoms with Gasteiger partial charge in [0.1, 0.15) is 17.3 Å². The van der Waals surface area contributed by atoms with Crippen molar-refractivity contribution >= 4 is 23.2 Å². The largest absolute Gasteiger partial charge is 0.506 e. The van der Waals surface area contributed by atoms with E-state index in [1.54, 1.807) is 0 Å². The molecular weight excluding hydrogens is 309 g/mol. The number of para-hydroxylation sites is 1. The Morgan fingerprint density at radius 3 is 2.73 bits per heavy atom. The highest BCUT2D eigenvalue weighted by Crippen LogP contribution is 2.29. The molecule has 0 aliphatic rings. The molecule has 116 valence electrons. The van der Waals surface area contributed by atoms with Crippen LogP contribution in [0.3, 0.4) is 0 Å². The number of nitrogens with one attached hydrogen (secondary N) is 1. The Hall–Kier alpha value is -2.27. The molecule has 0 aliphatic carbocycles. The van der Waals surface area contributed by atoms with Gasteiger partial charge in [-0.2, -0.15) is 0 Å². The lowest BCUT2D eigenvalue weighted by Gasteiger charge is -2.08. The summed E-state index contributed by atoms with van der Waals surface area (Å²) < 4.78 is 19.0. The van der Waals surface area contributed by atoms with E-state index in [4.69, 9.17) is 16.3 Å². The first kappa shape index (κ1) is 16.1. The first-order chi connectivity index (χ1) is 10.6. The maximum Gasteiger partial charge on any atom is 0.224 e. The van der Waals surface area contributed by atoms with Crippen molar-refractivity contribution in [2.24, 2.45) is 0 Å². The second kappa shape index (κ2) is 7.66. The van der Waals surface area contributed by atoms with E-state index in [0.29, 0.717) is 13.0 Å². The number of hydrogen-bond acceptors (Lipinski definition) is 3. The van der Waals surface area contributed by atoms with E-state index >= 15 is 0 Å². The Kier molecular flexibility index (Phi) is 5.61. The minimum absolute atomic E-state index is 0.0240. The number of benzene rings is 2. The molecule has 0 heterocycles. The quantitative estimate of drug-likeness (QED) is 0.624. The zero-order chi connectivity index (χ0) is 15.9. The molecule has 2 rings (SSSR count). The molecule has 0 saturated heterocycles. The summed E-state index contributed by atoms with van der Waals surface area (Å²) in [5, 5.41) is 11.6. The van der Waals surface area contributed by atoms with E-state index in [1.165, 1.54) is 6.07 Å². The van der Waals surface area contributed by atoms with E-state index < -0.39 is 5.82 Å². The molecule has 0 fully saturated rings. The number of phenols is 1. The normalized spacial score (nSPS) is 10.3. The molecule has 0 radical (unpaired) electrons. The van der Waals surface area contributed by atoms with Gasteiger partial charge < -0.3 is 15.2 Å². The lowest BCUT2D eigenvalue weighted by Crippen LogP contribution is -2.13. The van der Waals surface area contributed by atoms with E-state index in [-0.39, 0.29) is 28.8 Å². The monoisotopic (exact) mass is 323 g/mol. The second-order valence-corrected chi connectivity index (χ2v) is 5.00. The summed E-state index contributed by atoms with van der Waals surface area (Å²) in [4.78, 5) is 11.7. The second-order valence-electron chi connectivity index (χ2n) is 4.60. The molecule has 0 bridgehead atoms. The van der Waals surface area contributed by atoms with Crippen LogP contribution in [0, 0.1) is 5.82 Å². The standard InChI is InChI=1S/C16H15ClFNO3/c17-12-9-14(13(18)10-15(12)20)19-16(21)7-4-8-22-11-5-2-1-3-6-11/h1-3,5-6,9-10,20H,4,7-8H2,(H,19,21). The molecule has 22 heavy (non-hydrogen) atoms. The molecule has 0 unspecified atom stereocenters. The van der Waals surface area contributed by atoms with Gasteiger partial charge in [0, 0.05) is 12.5 Å². The van der Waals surface area contributed by atoms with Crippen molar-refractivity contribution in [3.63, 3.8) is 0 Å². The van der Waals surface area contributed by atoms with Gasteiger partial charge in [0.15, 0.2) is 0 Å². The molecule has 0 atom stereocenters. The van der Waals surface area contributed by atoms with Gasteiger partial charge in [0.25, 0.3) is 0 Å². The summed E-state index contributed by atoms with van der Waals surface area (Å²) in [6.07, 6.45) is 0.679. The van der Waals surface area contributed by atoms with Gasteiger partial charge in [0.05, 0.1) is 17.3 Å². The number of aromatic hydroxyl groups is 1. The number of carbonyl (C=O) groups excluding carboxylic acids is 1. The average molecular weight is 324 g/mol. The summed E-state index contributed by atoms with van der Waals surface area (Å²) in [5.41, 5.74) is -0.0585. The fourth-order valence-electron chi connectivity index (χ4n) is 1.78. The van der Waals surface area contributed by atoms with Crippen LogP contribution in [0.5, 0.6) is 11.5 Å². The minimum Gasteiger partial charge on any atom is -0.506 e. The van der Waals surface area contributed by atoms with Gasteiger partial charge in [-0.3, -0.25) is 4.79 Å². The summed E-state index contributed by atoms with van der Waals surface area (Å²) in [6.45, 7) is 0.385. The molecule has 0 aromatic heterocycles. The third kappa shape index (κ3) is 4.63. The molecule has 2 aromatic rings. The van der Waals surface area contributed by atoms with Crippen LogP contribution in [0.4, 0.5) is 10.1 Å². The summed E-state index contributed by atoms with van der Waals surface area (Å²) in [6, 6.07) is 11.3. The molecule has 2 N–H and O–H groups in total. The van der Waals surface area contributed by atoms with E-state index in [2.05, 4.69) is 5.32 Å². The highest BCUT2D eigenvalue weighted by atomic mass is 35.5. The highest BCUT2D eigenvalue weighted by Gasteiger charge is 2.10. The SMILES string of the molecule is O=C(CCCOc1ccccc1)Nc1cc(Cl)c(O)cc1F. The number of anilines is 1. The number of ether oxygens (including phenoxy) is 1. The molecule has 6 heteroatoms. The van der Waals surface area contributed by atoms with Gasteiger partial charge in [-0.15, -0.1) is 0 Å². The smallest absolute Gasteiger partial charge is 0.224 e. The number of phenolic OH excluding ortho intramolecular Hbond substituents is 1. The highest BCUT2D eigenvalue weighted by molar-refractivity contribution is 6.32. The fourth-order valence-corrected chi connectivity index (χ4v) is 1.95. The Morgan fingerprint density at radius 1 is 1.27 bits per heavy atom. The van der Waals surface area contributed by atoms with Crippen molar-refractivity contribution in [3.8, 4) is 11.5 Å². The van der Waals surface area contributed by atoms with Gasteiger partial charge in [-0.1, -0.05) is 29.8 Å². The number of rotatable bonds is 6. The van der Waals surface area contributed by atoms with E-state index in [9.17, 15) is 14.3 Å². The van der Waals surface area contributed by atoms with Crippen LogP contribution in [-0.4, -0.2) is 17.6 Å². The predicted molar refractivity (Wildman–Crippen MR) is 82.9 cm³/mol. The minimum atomic E-state index is -0.740. The van der Waals surface area contributed by atoms with Crippen molar-refractivity contribution < 1.29 is 19.0 Å². The van der Waals surface area contributed by atoms with Gasteiger partial charge in [-0.05, 0) is 24.6 Å². The lowest BCUT2D eigenvalue weighted by atomic mass is 10.2. The molecule has 0 saturated carbocycles. The molecular formula is C16H15ClFNO3. The maximum absolute atomic E-state index is 13.5. The maximum atomic E-state index is 13.5. The summed E-state index contributed by atoms with van der Waals surface area (Å²) in [5.74, 6) is -0.721. The number of carbonyl (C=O) groups is 1. The number of halogens is 2. The zero-order valence-corrected chi connectivity index (χ0v) is 12.4. The van der Waals surface area contributed by atoms with Crippen molar-refractivity contribution in [3.05, 3.63) is 53.3 Å². The third-order valence-electron chi connectivity index (χ3n) is 2.87. The molecule has 0 spiro atoms. The van der Waals surface area contributed by atoms with Crippen LogP contribution in [0.15, 0.2) is 42.5 Å². The van der Waals surface area contributed by atoms with Gasteiger partial charge in [-0.25, -0.2) is 4.39 Å². The van der Waals surface area contributed by atoms with Crippen LogP contribution < -0.4 is 10.1 Å². The molecule has 2 aromatic carbocycles. The summed E-state index contributed by atoms with van der Waals surface area (Å²) >= 11 is 5.68. The number of hydrogen-bond donors (Lipinski definition) is 2. The zero-order valence-electron chi connectivity index (χ0n) is 11.7. The van der Waals surface area contributed by atoms with Crippen LogP contribution in [-0.2, 0) is 4.79 Å². The van der Waals surface area contributed by atoms with Crippen molar-refractivity contribution in [2.75, 3.05) is 11.9 Å². The van der Waals surface area contributed by atoms with Crippen molar-refractivity contribution in [1.29, 1.82) is 0 Å². The van der Waals surface area contributed by atoms with Crippen LogP contribution in [0.2, 0.25) is 5.02 Å². The average Bonchev–Trinajstić information content (AvgIpc) is 2.50. The Labute approximate surface area is 132 Å². The van der Waals surface area contributed by atoms with Crippen molar-refractivity contribution in [1.82, 2.24) is 0 Å². The predicted octanol–water partition coefficient (Wildman–Crippen LogP) is 3.98. The first-order valence-corrected chi connectivity index (χ1v) is 7.10. The summed E-state index contributed by atoms with van der Waals surface area (Å²) in [7, 11) is 0. The van der Waals surface area contributed by atoms with Crippen LogP contribution in [0.1, 0.15) is 12.8 Å². The third-order valence-corrected chi connectivity index (χ3v) is 3.17. The molecule has 0 aliphatic heterocycles. The van der Waals surface area contributed by atoms with Gasteiger partial charge >= 0.3 is 0 Å². The van der Waals surface area contributed by atoms with E-state index in [1.807, 2.05) is 30.3 Å². The first-order valence-electron chi connectivity index (χ1n) is 6.72. The van der Waals surface area contributed by atoms with Crippen LogP contribution in [0.25, 0.3) is 0 Å². The fraction of sp³-hybridized carbons (Fsp3) is 0.188. The van der Waals surface area contributed by atoms with Crippen LogP contribution >= 0.6 is 11.6 Å². The Bertz CT molecular complexity index is 649. The van der Waals surface area contributed by atoms with Crippen molar-refractivity contribution in [2.45, 2.75) is 12.8 Å². The topological polar surface area (TPSA) is 58.6 Å². The lowest BCUT2D eigenvalue weighted by molar-refractivity contribution is -0.116. The molecule has 1 amide bonds. The van der Waals surface area contributed by atoms with Gasteiger partial charge in [0.2, 0.25) is 5.91 Å². The Morgan fingerprint density at radius 2 is 2.00 bits per heavy atom. The Balaban J connectivity index is 1.77. The molecule has 4 nitrogen and oxygen atoms in total. The van der Waals surface area contributed by atoms with E-state index in [0.717, 1.165) is 11.8 Å².